The van der Waals surface area contributed by atoms with E-state index in [1.807, 2.05) is 37.3 Å². The number of benzene rings is 1. The molecule has 2 N–H and O–H groups in total. The molecule has 88 valence electrons. The molecule has 0 bridgehead atoms. The maximum Gasteiger partial charge on any atom is 0.319 e. The van der Waals surface area contributed by atoms with Gasteiger partial charge in [-0.2, -0.15) is 0 Å². The van der Waals surface area contributed by atoms with Gasteiger partial charge in [-0.15, -0.1) is 0 Å². The van der Waals surface area contributed by atoms with E-state index in [2.05, 4.69) is 10.6 Å². The van der Waals surface area contributed by atoms with Crippen molar-refractivity contribution < 1.29 is 9.21 Å². The minimum Gasteiger partial charge on any atom is -0.472 e. The van der Waals surface area contributed by atoms with Gasteiger partial charge >= 0.3 is 6.03 Å². The number of urea groups is 1. The van der Waals surface area contributed by atoms with E-state index in [4.69, 9.17) is 4.42 Å². The number of hydrogen-bond acceptors (Lipinski definition) is 2. The summed E-state index contributed by atoms with van der Waals surface area (Å²) in [6, 6.07) is 9.24. The normalized spacial score (nSPS) is 9.94. The molecule has 17 heavy (non-hydrogen) atoms. The van der Waals surface area contributed by atoms with Crippen LogP contribution in [0.2, 0.25) is 0 Å². The summed E-state index contributed by atoms with van der Waals surface area (Å²) in [6.45, 7) is 2.43. The molecule has 0 atom stereocenters. The SMILES string of the molecule is Cc1cccc(NC(=O)NCc2ccoc2)c1. The highest BCUT2D eigenvalue weighted by atomic mass is 16.3. The van der Waals surface area contributed by atoms with Crippen LogP contribution in [0, 0.1) is 6.92 Å². The summed E-state index contributed by atoms with van der Waals surface area (Å²) < 4.78 is 4.91. The van der Waals surface area contributed by atoms with Crippen LogP contribution in [-0.4, -0.2) is 6.03 Å². The second-order valence-corrected chi connectivity index (χ2v) is 3.81. The van der Waals surface area contributed by atoms with E-state index in [-0.39, 0.29) is 6.03 Å². The number of aryl methyl sites for hydroxylation is 1. The Bertz CT molecular complexity index is 492. The molecule has 0 spiro atoms. The first kappa shape index (κ1) is 11.3. The molecule has 4 heteroatoms. The summed E-state index contributed by atoms with van der Waals surface area (Å²) in [5.74, 6) is 0. The first-order valence-electron chi connectivity index (χ1n) is 5.36. The van der Waals surface area contributed by atoms with Crippen molar-refractivity contribution in [1.29, 1.82) is 0 Å². The zero-order valence-electron chi connectivity index (χ0n) is 9.57. The van der Waals surface area contributed by atoms with Gasteiger partial charge in [-0.1, -0.05) is 12.1 Å². The van der Waals surface area contributed by atoms with Gasteiger partial charge in [0.2, 0.25) is 0 Å². The largest absolute Gasteiger partial charge is 0.472 e. The highest BCUT2D eigenvalue weighted by Gasteiger charge is 2.02. The van der Waals surface area contributed by atoms with Gasteiger partial charge in [0.1, 0.15) is 0 Å². The predicted octanol–water partition coefficient (Wildman–Crippen LogP) is 2.91. The maximum absolute atomic E-state index is 11.6. The van der Waals surface area contributed by atoms with Crippen molar-refractivity contribution >= 4 is 11.7 Å². The quantitative estimate of drug-likeness (QED) is 0.851. The molecule has 0 unspecified atom stereocenters. The summed E-state index contributed by atoms with van der Waals surface area (Å²) in [7, 11) is 0. The fourth-order valence-electron chi connectivity index (χ4n) is 1.47. The van der Waals surface area contributed by atoms with Crippen molar-refractivity contribution in [1.82, 2.24) is 5.32 Å². The minimum absolute atomic E-state index is 0.225. The third-order valence-electron chi connectivity index (χ3n) is 2.31. The number of rotatable bonds is 3. The van der Waals surface area contributed by atoms with Crippen LogP contribution < -0.4 is 10.6 Å². The van der Waals surface area contributed by atoms with Crippen LogP contribution in [0.3, 0.4) is 0 Å². The minimum atomic E-state index is -0.225. The molecule has 0 saturated carbocycles. The molecule has 2 aromatic rings. The zero-order valence-corrected chi connectivity index (χ0v) is 9.57. The summed E-state index contributed by atoms with van der Waals surface area (Å²) in [5.41, 5.74) is 2.83. The van der Waals surface area contributed by atoms with Crippen molar-refractivity contribution in [2.24, 2.45) is 0 Å². The second kappa shape index (κ2) is 5.21. The molecule has 1 heterocycles. The van der Waals surface area contributed by atoms with Crippen LogP contribution in [0.25, 0.3) is 0 Å². The molecule has 4 nitrogen and oxygen atoms in total. The van der Waals surface area contributed by atoms with Gasteiger partial charge in [-0.3, -0.25) is 0 Å². The smallest absolute Gasteiger partial charge is 0.319 e. The first-order chi connectivity index (χ1) is 8.24. The Hall–Kier alpha value is -2.23. The number of nitrogens with one attached hydrogen (secondary N) is 2. The Morgan fingerprint density at radius 2 is 2.24 bits per heavy atom. The average Bonchev–Trinajstić information content (AvgIpc) is 2.79. The standard InChI is InChI=1S/C13H14N2O2/c1-10-3-2-4-12(7-10)15-13(16)14-8-11-5-6-17-9-11/h2-7,9H,8H2,1H3,(H2,14,15,16). The number of amides is 2. The molecule has 2 amide bonds. The number of hydrogen-bond donors (Lipinski definition) is 2. The highest BCUT2D eigenvalue weighted by molar-refractivity contribution is 5.89. The van der Waals surface area contributed by atoms with E-state index in [1.165, 1.54) is 0 Å². The van der Waals surface area contributed by atoms with E-state index < -0.39 is 0 Å². The van der Waals surface area contributed by atoms with Crippen LogP contribution >= 0.6 is 0 Å². The fourth-order valence-corrected chi connectivity index (χ4v) is 1.47. The first-order valence-corrected chi connectivity index (χ1v) is 5.36. The van der Waals surface area contributed by atoms with Gasteiger partial charge in [0.25, 0.3) is 0 Å². The van der Waals surface area contributed by atoms with Crippen molar-refractivity contribution in [3.05, 3.63) is 54.0 Å². The lowest BCUT2D eigenvalue weighted by Crippen LogP contribution is -2.27. The van der Waals surface area contributed by atoms with Gasteiger partial charge in [0, 0.05) is 17.8 Å². The molecule has 1 aromatic carbocycles. The lowest BCUT2D eigenvalue weighted by Gasteiger charge is -2.07. The Labute approximate surface area is 99.6 Å². The molecular formula is C13H14N2O2. The number of furan rings is 1. The van der Waals surface area contributed by atoms with Gasteiger partial charge in [-0.25, -0.2) is 4.79 Å². The maximum atomic E-state index is 11.6. The lowest BCUT2D eigenvalue weighted by atomic mass is 10.2. The summed E-state index contributed by atoms with van der Waals surface area (Å²) in [5, 5.41) is 5.51. The van der Waals surface area contributed by atoms with Crippen molar-refractivity contribution in [2.75, 3.05) is 5.32 Å². The summed E-state index contributed by atoms with van der Waals surface area (Å²) >= 11 is 0. The fraction of sp³-hybridized carbons (Fsp3) is 0.154. The topological polar surface area (TPSA) is 54.3 Å². The molecular weight excluding hydrogens is 216 g/mol. The third kappa shape index (κ3) is 3.38. The monoisotopic (exact) mass is 230 g/mol. The average molecular weight is 230 g/mol. The molecule has 0 radical (unpaired) electrons. The van der Waals surface area contributed by atoms with E-state index in [9.17, 15) is 4.79 Å². The second-order valence-electron chi connectivity index (χ2n) is 3.81. The molecule has 0 aliphatic heterocycles. The molecule has 0 saturated heterocycles. The van der Waals surface area contributed by atoms with Gasteiger partial charge in [0.15, 0.2) is 0 Å². The van der Waals surface area contributed by atoms with E-state index >= 15 is 0 Å². The summed E-state index contributed by atoms with van der Waals surface area (Å²) in [6.07, 6.45) is 3.18. The van der Waals surface area contributed by atoms with Crippen molar-refractivity contribution in [3.8, 4) is 0 Å². The van der Waals surface area contributed by atoms with E-state index in [0.29, 0.717) is 6.54 Å². The lowest BCUT2D eigenvalue weighted by molar-refractivity contribution is 0.251. The Balaban J connectivity index is 1.85. The van der Waals surface area contributed by atoms with Crippen LogP contribution in [0.4, 0.5) is 10.5 Å². The number of anilines is 1. The highest BCUT2D eigenvalue weighted by Crippen LogP contribution is 2.09. The van der Waals surface area contributed by atoms with Crippen LogP contribution in [0.5, 0.6) is 0 Å². The van der Waals surface area contributed by atoms with E-state index in [1.54, 1.807) is 12.5 Å². The zero-order chi connectivity index (χ0) is 12.1. The van der Waals surface area contributed by atoms with Crippen molar-refractivity contribution in [2.45, 2.75) is 13.5 Å². The molecule has 1 aromatic heterocycles. The van der Waals surface area contributed by atoms with Crippen LogP contribution in [0.15, 0.2) is 47.3 Å². The van der Waals surface area contributed by atoms with Gasteiger partial charge in [-0.05, 0) is 30.7 Å². The number of carbonyl (C=O) groups excluding carboxylic acids is 1. The Morgan fingerprint density at radius 1 is 1.35 bits per heavy atom. The predicted molar refractivity (Wildman–Crippen MR) is 65.7 cm³/mol. The molecule has 2 rings (SSSR count). The Morgan fingerprint density at radius 3 is 2.94 bits per heavy atom. The molecule has 0 aliphatic rings. The van der Waals surface area contributed by atoms with Crippen LogP contribution in [0.1, 0.15) is 11.1 Å². The molecule has 0 fully saturated rings. The van der Waals surface area contributed by atoms with Crippen molar-refractivity contribution in [3.63, 3.8) is 0 Å². The van der Waals surface area contributed by atoms with Crippen LogP contribution in [-0.2, 0) is 6.54 Å². The summed E-state index contributed by atoms with van der Waals surface area (Å²) in [4.78, 5) is 11.6. The third-order valence-corrected chi connectivity index (χ3v) is 2.31. The van der Waals surface area contributed by atoms with Gasteiger partial charge < -0.3 is 15.1 Å². The Kier molecular flexibility index (Phi) is 3.45. The van der Waals surface area contributed by atoms with Gasteiger partial charge in [0.05, 0.1) is 12.5 Å². The molecule has 0 aliphatic carbocycles. The van der Waals surface area contributed by atoms with E-state index in [0.717, 1.165) is 16.8 Å². The number of carbonyl (C=O) groups is 1.